The number of phenolic OH excluding ortho intramolecular Hbond substituents is 1. The zero-order valence-corrected chi connectivity index (χ0v) is 18.2. The lowest BCUT2D eigenvalue weighted by molar-refractivity contribution is 0.0974. The van der Waals surface area contributed by atoms with E-state index in [9.17, 15) is 14.3 Å². The number of aromatic hydroxyl groups is 1. The monoisotopic (exact) mass is 449 g/mol. The number of fused-ring (bicyclic) bond motifs is 1. The van der Waals surface area contributed by atoms with E-state index in [4.69, 9.17) is 16.6 Å². The molecule has 1 amide bonds. The van der Waals surface area contributed by atoms with Crippen LogP contribution in [0.5, 0.6) is 5.75 Å². The second-order valence-electron chi connectivity index (χ2n) is 7.52. The summed E-state index contributed by atoms with van der Waals surface area (Å²) in [4.78, 5) is 16.7. The molecule has 8 heteroatoms. The largest absolute Gasteiger partial charge is 0.507 e. The van der Waals surface area contributed by atoms with Crippen molar-refractivity contribution in [3.63, 3.8) is 0 Å². The molecule has 3 aromatic carbocycles. The molecule has 0 saturated carbocycles. The van der Waals surface area contributed by atoms with E-state index in [0.717, 1.165) is 5.56 Å². The van der Waals surface area contributed by atoms with Crippen LogP contribution in [0.2, 0.25) is 0 Å². The van der Waals surface area contributed by atoms with Crippen LogP contribution in [-0.2, 0) is 0 Å². The maximum absolute atomic E-state index is 13.7. The SMILES string of the molecule is CC(C)c1ccc2oc(-c3ccc(NC(=S)NC(=O)c4ccccc4F)cc3O)nc2c1. The molecule has 0 bridgehead atoms. The van der Waals surface area contributed by atoms with Crippen molar-refractivity contribution in [2.75, 3.05) is 5.32 Å². The van der Waals surface area contributed by atoms with E-state index in [1.807, 2.05) is 18.2 Å². The second kappa shape index (κ2) is 8.76. The minimum Gasteiger partial charge on any atom is -0.507 e. The van der Waals surface area contributed by atoms with Crippen molar-refractivity contribution >= 4 is 40.0 Å². The highest BCUT2D eigenvalue weighted by Crippen LogP contribution is 2.33. The third kappa shape index (κ3) is 4.45. The van der Waals surface area contributed by atoms with E-state index in [1.165, 1.54) is 24.3 Å². The lowest BCUT2D eigenvalue weighted by Crippen LogP contribution is -2.34. The predicted molar refractivity (Wildman–Crippen MR) is 125 cm³/mol. The summed E-state index contributed by atoms with van der Waals surface area (Å²) < 4.78 is 19.5. The molecule has 1 heterocycles. The van der Waals surface area contributed by atoms with E-state index in [-0.39, 0.29) is 16.4 Å². The Labute approximate surface area is 189 Å². The Kier molecular flexibility index (Phi) is 5.87. The van der Waals surface area contributed by atoms with Crippen molar-refractivity contribution in [3.8, 4) is 17.2 Å². The van der Waals surface area contributed by atoms with Crippen LogP contribution in [0.4, 0.5) is 10.1 Å². The average Bonchev–Trinajstić information content (AvgIpc) is 3.16. The number of carbonyl (C=O) groups excluding carboxylic acids is 1. The molecule has 0 radical (unpaired) electrons. The van der Waals surface area contributed by atoms with Crippen LogP contribution >= 0.6 is 12.2 Å². The van der Waals surface area contributed by atoms with Crippen LogP contribution in [0.3, 0.4) is 0 Å². The number of hydrogen-bond acceptors (Lipinski definition) is 5. The highest BCUT2D eigenvalue weighted by molar-refractivity contribution is 7.80. The van der Waals surface area contributed by atoms with Gasteiger partial charge in [0.05, 0.1) is 11.1 Å². The predicted octanol–water partition coefficient (Wildman–Crippen LogP) is 5.59. The Morgan fingerprint density at radius 2 is 1.91 bits per heavy atom. The van der Waals surface area contributed by atoms with Gasteiger partial charge in [-0.05, 0) is 60.1 Å². The first-order valence-electron chi connectivity index (χ1n) is 9.92. The molecule has 0 atom stereocenters. The van der Waals surface area contributed by atoms with Crippen molar-refractivity contribution in [3.05, 3.63) is 77.6 Å². The van der Waals surface area contributed by atoms with Crippen molar-refractivity contribution in [1.82, 2.24) is 10.3 Å². The van der Waals surface area contributed by atoms with Crippen LogP contribution in [0, 0.1) is 5.82 Å². The quantitative estimate of drug-likeness (QED) is 0.352. The van der Waals surface area contributed by atoms with Gasteiger partial charge in [0.2, 0.25) is 5.89 Å². The number of nitrogens with zero attached hydrogens (tertiary/aromatic N) is 1. The third-order valence-corrected chi connectivity index (χ3v) is 5.11. The summed E-state index contributed by atoms with van der Waals surface area (Å²) in [5.74, 6) is -0.738. The van der Waals surface area contributed by atoms with Crippen LogP contribution in [0.1, 0.15) is 35.7 Å². The van der Waals surface area contributed by atoms with Crippen molar-refractivity contribution in [2.45, 2.75) is 19.8 Å². The maximum Gasteiger partial charge on any atom is 0.260 e. The topological polar surface area (TPSA) is 87.4 Å². The molecule has 0 spiro atoms. The van der Waals surface area contributed by atoms with Gasteiger partial charge in [-0.15, -0.1) is 0 Å². The highest BCUT2D eigenvalue weighted by Gasteiger charge is 2.15. The Morgan fingerprint density at radius 3 is 2.62 bits per heavy atom. The normalized spacial score (nSPS) is 11.0. The zero-order chi connectivity index (χ0) is 22.8. The first-order chi connectivity index (χ1) is 15.3. The number of carbonyl (C=O) groups is 1. The summed E-state index contributed by atoms with van der Waals surface area (Å²) >= 11 is 5.12. The average molecular weight is 450 g/mol. The molecule has 0 fully saturated rings. The number of oxazole rings is 1. The molecular formula is C24H20FN3O3S. The van der Waals surface area contributed by atoms with Crippen LogP contribution < -0.4 is 10.6 Å². The summed E-state index contributed by atoms with van der Waals surface area (Å²) in [6.45, 7) is 4.20. The lowest BCUT2D eigenvalue weighted by Gasteiger charge is -2.11. The van der Waals surface area contributed by atoms with Crippen molar-refractivity contribution in [2.24, 2.45) is 0 Å². The minimum absolute atomic E-state index is 0.0338. The molecule has 6 nitrogen and oxygen atoms in total. The first-order valence-corrected chi connectivity index (χ1v) is 10.3. The van der Waals surface area contributed by atoms with Gasteiger partial charge in [-0.1, -0.05) is 32.0 Å². The summed E-state index contributed by atoms with van der Waals surface area (Å²) in [7, 11) is 0. The third-order valence-electron chi connectivity index (χ3n) is 4.91. The van der Waals surface area contributed by atoms with Gasteiger partial charge < -0.3 is 14.8 Å². The number of anilines is 1. The van der Waals surface area contributed by atoms with E-state index in [1.54, 1.807) is 18.2 Å². The van der Waals surface area contributed by atoms with E-state index < -0.39 is 11.7 Å². The molecule has 32 heavy (non-hydrogen) atoms. The number of thiocarbonyl (C=S) groups is 1. The number of benzene rings is 3. The summed E-state index contributed by atoms with van der Waals surface area (Å²) in [6, 6.07) is 16.2. The van der Waals surface area contributed by atoms with Crippen LogP contribution in [0.15, 0.2) is 65.1 Å². The molecule has 0 aliphatic rings. The summed E-state index contributed by atoms with van der Waals surface area (Å²) in [6.07, 6.45) is 0. The minimum atomic E-state index is -0.673. The Balaban J connectivity index is 1.50. The van der Waals surface area contributed by atoms with Crippen molar-refractivity contribution in [1.29, 1.82) is 0 Å². The van der Waals surface area contributed by atoms with E-state index in [2.05, 4.69) is 29.5 Å². The molecule has 4 rings (SSSR count). The number of hydrogen-bond donors (Lipinski definition) is 3. The fourth-order valence-corrected chi connectivity index (χ4v) is 3.40. The van der Waals surface area contributed by atoms with Gasteiger partial charge in [-0.3, -0.25) is 10.1 Å². The Bertz CT molecular complexity index is 1330. The van der Waals surface area contributed by atoms with Crippen LogP contribution in [0.25, 0.3) is 22.6 Å². The molecule has 0 unspecified atom stereocenters. The summed E-state index contributed by atoms with van der Waals surface area (Å²) in [5, 5.41) is 15.7. The summed E-state index contributed by atoms with van der Waals surface area (Å²) in [5.41, 5.74) is 3.22. The first kappa shape index (κ1) is 21.5. The fourth-order valence-electron chi connectivity index (χ4n) is 3.19. The van der Waals surface area contributed by atoms with E-state index in [0.29, 0.717) is 34.2 Å². The molecule has 4 aromatic rings. The number of rotatable bonds is 4. The fraction of sp³-hybridized carbons (Fsp3) is 0.125. The highest BCUT2D eigenvalue weighted by atomic mass is 32.1. The Hall–Kier alpha value is -3.78. The van der Waals surface area contributed by atoms with E-state index >= 15 is 0 Å². The molecule has 3 N–H and O–H groups in total. The van der Waals surface area contributed by atoms with Gasteiger partial charge in [0, 0.05) is 11.8 Å². The van der Waals surface area contributed by atoms with Gasteiger partial charge in [-0.2, -0.15) is 0 Å². The molecule has 0 saturated heterocycles. The zero-order valence-electron chi connectivity index (χ0n) is 17.3. The van der Waals surface area contributed by atoms with Gasteiger partial charge in [0.15, 0.2) is 10.7 Å². The Morgan fingerprint density at radius 1 is 1.12 bits per heavy atom. The standard InChI is InChI=1S/C24H20FN3O3S/c1-13(2)14-7-10-21-19(11-14)27-23(31-21)17-9-8-15(12-20(17)29)26-24(32)28-22(30)16-5-3-4-6-18(16)25/h3-13,29H,1-2H3,(H2,26,28,30,32). The number of phenols is 1. The maximum atomic E-state index is 13.7. The molecule has 0 aliphatic heterocycles. The van der Waals surface area contributed by atoms with Gasteiger partial charge in [0.1, 0.15) is 17.1 Å². The lowest BCUT2D eigenvalue weighted by atomic mass is 10.0. The van der Waals surface area contributed by atoms with Crippen LogP contribution in [-0.4, -0.2) is 21.1 Å². The number of halogens is 1. The number of nitrogens with one attached hydrogen (secondary N) is 2. The molecule has 0 aliphatic carbocycles. The molecule has 1 aromatic heterocycles. The molecule has 162 valence electrons. The molecular weight excluding hydrogens is 429 g/mol. The van der Waals surface area contributed by atoms with Gasteiger partial charge >= 0.3 is 0 Å². The number of amides is 1. The van der Waals surface area contributed by atoms with Gasteiger partial charge in [0.25, 0.3) is 5.91 Å². The van der Waals surface area contributed by atoms with Gasteiger partial charge in [-0.25, -0.2) is 9.37 Å². The second-order valence-corrected chi connectivity index (χ2v) is 7.93. The van der Waals surface area contributed by atoms with Crippen molar-refractivity contribution < 1.29 is 18.7 Å². The number of aromatic nitrogens is 1. The smallest absolute Gasteiger partial charge is 0.260 e.